The number of halogens is 1. The van der Waals surface area contributed by atoms with Crippen LogP contribution < -0.4 is 0 Å². The molecular formula is C25H34ClNO4S2. The van der Waals surface area contributed by atoms with Crippen molar-refractivity contribution in [3.05, 3.63) is 32.7 Å². The van der Waals surface area contributed by atoms with Crippen molar-refractivity contribution in [3.63, 3.8) is 0 Å². The van der Waals surface area contributed by atoms with E-state index in [9.17, 15) is 9.59 Å². The summed E-state index contributed by atoms with van der Waals surface area (Å²) < 4.78 is 6.52. The first-order valence-corrected chi connectivity index (χ1v) is 14.3. The Balaban J connectivity index is 1.73. The molecule has 1 aromatic heterocycles. The number of rotatable bonds is 11. The number of allylic oxidation sites excluding steroid dienone is 2. The SMILES string of the molecule is CCCCCCC(=O)OC1=C(/C(C)=N\OCc2ccc(Cl)s2)C(=O)CC(C2CCCSC2)C1. The molecule has 1 fully saturated rings. The van der Waals surface area contributed by atoms with Crippen LogP contribution >= 0.6 is 34.7 Å². The molecule has 0 amide bonds. The van der Waals surface area contributed by atoms with Crippen molar-refractivity contribution in [3.8, 4) is 0 Å². The summed E-state index contributed by atoms with van der Waals surface area (Å²) in [5.74, 6) is 3.20. The molecule has 0 radical (unpaired) electrons. The first kappa shape index (κ1) is 26.3. The second-order valence-corrected chi connectivity index (χ2v) is 11.8. The van der Waals surface area contributed by atoms with Crippen LogP contribution in [0.3, 0.4) is 0 Å². The van der Waals surface area contributed by atoms with Crippen LogP contribution in [0.25, 0.3) is 0 Å². The molecule has 0 bridgehead atoms. The van der Waals surface area contributed by atoms with Gasteiger partial charge in [-0.3, -0.25) is 9.59 Å². The lowest BCUT2D eigenvalue weighted by Crippen LogP contribution is -2.31. The molecule has 1 saturated heterocycles. The maximum absolute atomic E-state index is 13.2. The molecular weight excluding hydrogens is 478 g/mol. The zero-order valence-corrected chi connectivity index (χ0v) is 22.0. The molecule has 1 aromatic rings. The average Bonchev–Trinajstić information content (AvgIpc) is 3.22. The van der Waals surface area contributed by atoms with Gasteiger partial charge in [0.05, 0.1) is 15.6 Å². The summed E-state index contributed by atoms with van der Waals surface area (Å²) >= 11 is 9.36. The van der Waals surface area contributed by atoms with Gasteiger partial charge in [0.1, 0.15) is 5.76 Å². The van der Waals surface area contributed by atoms with E-state index in [4.69, 9.17) is 21.2 Å². The van der Waals surface area contributed by atoms with Crippen molar-refractivity contribution < 1.29 is 19.2 Å². The summed E-state index contributed by atoms with van der Waals surface area (Å²) in [5, 5.41) is 4.19. The summed E-state index contributed by atoms with van der Waals surface area (Å²) in [7, 11) is 0. The predicted molar refractivity (Wildman–Crippen MR) is 137 cm³/mol. The van der Waals surface area contributed by atoms with Gasteiger partial charge in [-0.05, 0) is 61.7 Å². The molecule has 2 aliphatic rings. The number of ketones is 1. The van der Waals surface area contributed by atoms with Crippen LogP contribution in [0.1, 0.15) is 76.5 Å². The molecule has 3 rings (SSSR count). The molecule has 1 aliphatic heterocycles. The molecule has 2 heterocycles. The minimum Gasteiger partial charge on any atom is -0.430 e. The quantitative estimate of drug-likeness (QED) is 0.136. The fourth-order valence-corrected chi connectivity index (χ4v) is 6.70. The van der Waals surface area contributed by atoms with Crippen LogP contribution in [0.15, 0.2) is 28.6 Å². The Morgan fingerprint density at radius 1 is 1.21 bits per heavy atom. The number of esters is 1. The van der Waals surface area contributed by atoms with Crippen LogP contribution in [-0.2, 0) is 25.8 Å². The number of hydrogen-bond donors (Lipinski definition) is 0. The first-order valence-electron chi connectivity index (χ1n) is 11.9. The molecule has 2 unspecified atom stereocenters. The lowest BCUT2D eigenvalue weighted by atomic mass is 9.77. The highest BCUT2D eigenvalue weighted by atomic mass is 35.5. The Kier molecular flexibility index (Phi) is 10.8. The molecule has 2 atom stereocenters. The second-order valence-electron chi connectivity index (χ2n) is 8.81. The molecule has 33 heavy (non-hydrogen) atoms. The van der Waals surface area contributed by atoms with Crippen molar-refractivity contribution in [1.29, 1.82) is 0 Å². The predicted octanol–water partition coefficient (Wildman–Crippen LogP) is 7.18. The number of nitrogens with zero attached hydrogens (tertiary/aromatic N) is 1. The minimum absolute atomic E-state index is 0.000348. The summed E-state index contributed by atoms with van der Waals surface area (Å²) in [6, 6.07) is 3.71. The standard InChI is InChI=1S/C25H34ClNO4S2/c1-3-4-5-6-9-24(29)31-22-14-19(18-8-7-12-32-16-18)13-21(28)25(22)17(2)27-30-15-20-10-11-23(26)33-20/h10-11,18-19H,3-9,12-16H2,1-2H3/b27-17-. The number of thioether (sulfide) groups is 1. The number of Topliss-reactive ketones (excluding diaryl/α,β-unsaturated/α-hetero) is 1. The van der Waals surface area contributed by atoms with Gasteiger partial charge < -0.3 is 9.57 Å². The summed E-state index contributed by atoms with van der Waals surface area (Å²) in [6.07, 6.45) is 7.84. The maximum Gasteiger partial charge on any atom is 0.310 e. The highest BCUT2D eigenvalue weighted by molar-refractivity contribution is 7.99. The number of oxime groups is 1. The number of unbranched alkanes of at least 4 members (excludes halogenated alkanes) is 3. The van der Waals surface area contributed by atoms with Gasteiger partial charge in [0.25, 0.3) is 0 Å². The fourth-order valence-electron chi connectivity index (χ4n) is 4.43. The first-order chi connectivity index (χ1) is 16.0. The van der Waals surface area contributed by atoms with Gasteiger partial charge in [0.15, 0.2) is 12.4 Å². The van der Waals surface area contributed by atoms with Crippen LogP contribution in [0, 0.1) is 11.8 Å². The average molecular weight is 512 g/mol. The van der Waals surface area contributed by atoms with E-state index in [2.05, 4.69) is 12.1 Å². The van der Waals surface area contributed by atoms with Gasteiger partial charge in [0.2, 0.25) is 0 Å². The van der Waals surface area contributed by atoms with Crippen molar-refractivity contribution >= 4 is 52.2 Å². The summed E-state index contributed by atoms with van der Waals surface area (Å²) in [6.45, 7) is 4.18. The van der Waals surface area contributed by atoms with E-state index in [0.717, 1.165) is 42.7 Å². The third-order valence-corrected chi connectivity index (χ3v) is 8.63. The molecule has 5 nitrogen and oxygen atoms in total. The van der Waals surface area contributed by atoms with Gasteiger partial charge >= 0.3 is 5.97 Å². The molecule has 8 heteroatoms. The van der Waals surface area contributed by atoms with E-state index in [-0.39, 0.29) is 24.3 Å². The second kappa shape index (κ2) is 13.5. The van der Waals surface area contributed by atoms with E-state index in [1.54, 1.807) is 6.92 Å². The Bertz CT molecular complexity index is 874. The van der Waals surface area contributed by atoms with Crippen LogP contribution in [0.4, 0.5) is 0 Å². The number of thiophene rings is 1. The molecule has 1 aliphatic carbocycles. The van der Waals surface area contributed by atoms with Crippen LogP contribution in [0.5, 0.6) is 0 Å². The Morgan fingerprint density at radius 2 is 2.06 bits per heavy atom. The largest absolute Gasteiger partial charge is 0.430 e. The van der Waals surface area contributed by atoms with Crippen molar-refractivity contribution in [1.82, 2.24) is 0 Å². The fraction of sp³-hybridized carbons (Fsp3) is 0.640. The lowest BCUT2D eigenvalue weighted by molar-refractivity contribution is -0.140. The lowest BCUT2D eigenvalue weighted by Gasteiger charge is -2.33. The van der Waals surface area contributed by atoms with Gasteiger partial charge in [-0.25, -0.2) is 0 Å². The van der Waals surface area contributed by atoms with Crippen molar-refractivity contribution in [2.24, 2.45) is 17.0 Å². The van der Waals surface area contributed by atoms with Gasteiger partial charge in [-0.15, -0.1) is 11.3 Å². The number of carbonyl (C=O) groups is 2. The highest BCUT2D eigenvalue weighted by Gasteiger charge is 2.36. The molecule has 0 aromatic carbocycles. The van der Waals surface area contributed by atoms with E-state index < -0.39 is 0 Å². The molecule has 0 spiro atoms. The highest BCUT2D eigenvalue weighted by Crippen LogP contribution is 2.39. The molecule has 182 valence electrons. The van der Waals surface area contributed by atoms with Gasteiger partial charge in [-0.2, -0.15) is 11.8 Å². The van der Waals surface area contributed by atoms with E-state index in [0.29, 0.717) is 46.6 Å². The minimum atomic E-state index is -0.257. The summed E-state index contributed by atoms with van der Waals surface area (Å²) in [5.41, 5.74) is 0.883. The monoisotopic (exact) mass is 511 g/mol. The van der Waals surface area contributed by atoms with Gasteiger partial charge in [-0.1, -0.05) is 42.9 Å². The topological polar surface area (TPSA) is 65.0 Å². The Hall–Kier alpha value is -1.31. The number of carbonyl (C=O) groups excluding carboxylic acids is 2. The van der Waals surface area contributed by atoms with Crippen molar-refractivity contribution in [2.45, 2.75) is 78.2 Å². The Labute approximate surface area is 210 Å². The zero-order valence-electron chi connectivity index (χ0n) is 19.6. The maximum atomic E-state index is 13.2. The van der Waals surface area contributed by atoms with E-state index in [1.807, 2.05) is 23.9 Å². The third kappa shape index (κ3) is 8.15. The third-order valence-electron chi connectivity index (χ3n) is 6.19. The van der Waals surface area contributed by atoms with Crippen molar-refractivity contribution in [2.75, 3.05) is 11.5 Å². The van der Waals surface area contributed by atoms with Crippen LogP contribution in [-0.4, -0.2) is 29.0 Å². The zero-order chi connectivity index (χ0) is 23.6. The summed E-state index contributed by atoms with van der Waals surface area (Å²) in [4.78, 5) is 32.2. The van der Waals surface area contributed by atoms with Crippen LogP contribution in [0.2, 0.25) is 4.34 Å². The molecule has 0 saturated carbocycles. The number of hydrogen-bond acceptors (Lipinski definition) is 7. The van der Waals surface area contributed by atoms with E-state index in [1.165, 1.54) is 23.5 Å². The van der Waals surface area contributed by atoms with E-state index >= 15 is 0 Å². The normalized spacial score (nSPS) is 21.9. The number of ether oxygens (including phenoxy) is 1. The smallest absolute Gasteiger partial charge is 0.310 e. The Morgan fingerprint density at radius 3 is 2.76 bits per heavy atom. The molecule has 0 N–H and O–H groups in total. The van der Waals surface area contributed by atoms with Gasteiger partial charge in [0, 0.05) is 24.1 Å².